The summed E-state index contributed by atoms with van der Waals surface area (Å²) in [6.07, 6.45) is 4.17. The van der Waals surface area contributed by atoms with Gasteiger partial charge < -0.3 is 54.4 Å². The number of benzene rings is 4. The quantitative estimate of drug-likeness (QED) is 0.120. The molecule has 4 heterocycles. The van der Waals surface area contributed by atoms with Crippen molar-refractivity contribution in [1.82, 2.24) is 9.88 Å². The molecular weight excluding hydrogens is 781 g/mol. The molecule has 8 atom stereocenters. The number of nitrogens with zero attached hydrogens (tertiary/aromatic N) is 1. The molecule has 13 nitrogen and oxygen atoms in total. The van der Waals surface area contributed by atoms with Crippen molar-refractivity contribution in [1.29, 1.82) is 0 Å². The van der Waals surface area contributed by atoms with E-state index in [1.54, 1.807) is 25.3 Å². The molecule has 314 valence electrons. The minimum Gasteiger partial charge on any atom is -0.506 e. The number of ether oxygens (including phenoxy) is 4. The number of methoxy groups -OCH3 is 1. The van der Waals surface area contributed by atoms with Gasteiger partial charge in [-0.15, -0.1) is 0 Å². The van der Waals surface area contributed by atoms with Gasteiger partial charge in [-0.05, 0) is 78.0 Å². The molecule has 3 aliphatic heterocycles. The maximum Gasteiger partial charge on any atom is 0.254 e. The van der Waals surface area contributed by atoms with Crippen molar-refractivity contribution in [3.63, 3.8) is 0 Å². The van der Waals surface area contributed by atoms with Gasteiger partial charge in [0.1, 0.15) is 41.7 Å². The van der Waals surface area contributed by atoms with Crippen LogP contribution in [0.15, 0.2) is 66.9 Å². The van der Waals surface area contributed by atoms with E-state index in [1.165, 1.54) is 4.90 Å². The number of H-pyrrole nitrogens is 1. The van der Waals surface area contributed by atoms with Crippen molar-refractivity contribution in [3.8, 4) is 17.2 Å². The highest BCUT2D eigenvalue weighted by Crippen LogP contribution is 2.60. The van der Waals surface area contributed by atoms with Crippen LogP contribution in [0, 0.1) is 5.92 Å². The number of amides is 1. The van der Waals surface area contributed by atoms with Gasteiger partial charge in [0.15, 0.2) is 11.4 Å². The molecule has 5 aromatic rings. The maximum absolute atomic E-state index is 15.0. The first-order valence-electron chi connectivity index (χ1n) is 21.0. The van der Waals surface area contributed by atoms with Crippen LogP contribution in [-0.4, -0.2) is 104 Å². The number of Topliss-reactive ketones (excluding diaryl/α,β-unsaturated/α-hetero) is 1. The van der Waals surface area contributed by atoms with Crippen molar-refractivity contribution >= 4 is 45.0 Å². The SMILES string of the molecule is COc1c2c(c3c(O)c(C(=O)CN4Cc5ccccc5C4=O)c4c5c3c1CCC5=CC1CCCC41)OC1OC(COC(c3c[nH]c4ccccc34)C=C2)C(O)C(O)C1(O)CO. The molecule has 0 spiro atoms. The third-order valence-corrected chi connectivity index (χ3v) is 14.0. The first-order chi connectivity index (χ1) is 29.6. The largest absolute Gasteiger partial charge is 0.506 e. The Morgan fingerprint density at radius 3 is 2.70 bits per heavy atom. The van der Waals surface area contributed by atoms with Crippen LogP contribution in [0.2, 0.25) is 0 Å². The average Bonchev–Trinajstić information content (AvgIpc) is 4.00. The van der Waals surface area contributed by atoms with Gasteiger partial charge in [-0.1, -0.05) is 55.0 Å². The summed E-state index contributed by atoms with van der Waals surface area (Å²) < 4.78 is 25.8. The lowest BCUT2D eigenvalue weighted by Crippen LogP contribution is -2.69. The summed E-state index contributed by atoms with van der Waals surface area (Å²) in [5, 5.41) is 60.1. The molecule has 11 rings (SSSR count). The zero-order valence-corrected chi connectivity index (χ0v) is 33.5. The Hall–Kier alpha value is -5.54. The third kappa shape index (κ3) is 5.61. The van der Waals surface area contributed by atoms with Crippen LogP contribution in [0.4, 0.5) is 0 Å². The van der Waals surface area contributed by atoms with Crippen LogP contribution in [0.25, 0.3) is 33.3 Å². The van der Waals surface area contributed by atoms with E-state index in [9.17, 15) is 30.3 Å². The van der Waals surface area contributed by atoms with E-state index >= 15 is 4.79 Å². The molecule has 2 bridgehead atoms. The predicted molar refractivity (Wildman–Crippen MR) is 223 cm³/mol. The monoisotopic (exact) mass is 826 g/mol. The fourth-order valence-electron chi connectivity index (χ4n) is 11.1. The van der Waals surface area contributed by atoms with Gasteiger partial charge in [-0.25, -0.2) is 0 Å². The Bertz CT molecular complexity index is 2740. The average molecular weight is 827 g/mol. The van der Waals surface area contributed by atoms with Crippen LogP contribution in [0.5, 0.6) is 17.2 Å². The number of hydrogen-bond acceptors (Lipinski definition) is 11. The number of nitrogens with one attached hydrogen (secondary N) is 1. The number of hydrogen-bond donors (Lipinski definition) is 6. The zero-order valence-electron chi connectivity index (χ0n) is 33.5. The van der Waals surface area contributed by atoms with Crippen molar-refractivity contribution in [2.24, 2.45) is 5.92 Å². The number of aliphatic hydroxyl groups is 4. The predicted octanol–water partition coefficient (Wildman–Crippen LogP) is 5.43. The Morgan fingerprint density at radius 2 is 1.89 bits per heavy atom. The number of aromatic nitrogens is 1. The Labute approximate surface area is 350 Å². The zero-order chi connectivity index (χ0) is 41.9. The molecule has 6 N–H and O–H groups in total. The Morgan fingerprint density at radius 1 is 1.07 bits per heavy atom. The summed E-state index contributed by atoms with van der Waals surface area (Å²) in [6.45, 7) is -1.33. The lowest BCUT2D eigenvalue weighted by molar-refractivity contribution is -0.329. The van der Waals surface area contributed by atoms with Crippen LogP contribution in [-0.2, 0) is 22.4 Å². The summed E-state index contributed by atoms with van der Waals surface area (Å²) in [6, 6.07) is 15.0. The van der Waals surface area contributed by atoms with E-state index in [4.69, 9.17) is 18.9 Å². The molecule has 8 unspecified atom stereocenters. The minimum absolute atomic E-state index is 0.0283. The van der Waals surface area contributed by atoms with E-state index in [-0.39, 0.29) is 59.9 Å². The molecule has 1 amide bonds. The number of ketones is 1. The number of aromatic amines is 1. The van der Waals surface area contributed by atoms with E-state index in [2.05, 4.69) is 11.1 Å². The first-order valence-corrected chi connectivity index (χ1v) is 21.0. The number of rotatable bonds is 6. The highest BCUT2D eigenvalue weighted by atomic mass is 16.7. The number of phenols is 1. The number of carbonyl (C=O) groups excluding carboxylic acids is 2. The normalized spacial score (nSPS) is 28.8. The number of carbonyl (C=O) groups is 2. The van der Waals surface area contributed by atoms with Gasteiger partial charge in [-0.2, -0.15) is 0 Å². The van der Waals surface area contributed by atoms with Gasteiger partial charge in [0.25, 0.3) is 5.91 Å². The summed E-state index contributed by atoms with van der Waals surface area (Å²) in [4.78, 5) is 33.5. The highest BCUT2D eigenvalue weighted by Gasteiger charge is 2.57. The summed E-state index contributed by atoms with van der Waals surface area (Å²) in [5.41, 5.74) is 4.36. The highest BCUT2D eigenvalue weighted by molar-refractivity contribution is 6.16. The van der Waals surface area contributed by atoms with Gasteiger partial charge >= 0.3 is 0 Å². The maximum atomic E-state index is 15.0. The fraction of sp³-hybridized carbons (Fsp3) is 0.375. The summed E-state index contributed by atoms with van der Waals surface area (Å²) >= 11 is 0. The van der Waals surface area contributed by atoms with E-state index in [0.717, 1.165) is 63.6 Å². The van der Waals surface area contributed by atoms with Crippen LogP contribution >= 0.6 is 0 Å². The topological polar surface area (TPSA) is 191 Å². The van der Waals surface area contributed by atoms with Crippen LogP contribution in [0.1, 0.15) is 91.8 Å². The number of para-hydroxylation sites is 1. The first kappa shape index (κ1) is 38.4. The lowest BCUT2D eigenvalue weighted by atomic mass is 9.69. The standard InChI is InChI=1S/C48H46N2O11/c1-58-43-29-14-13-24-17-23-8-6-11-26(23)37-36(24)38(29)40(42(54)39(37)33(52)20-50-19-25-7-2-3-9-27(25)46(50)56)44-30(43)15-16-34(31-18-49-32-12-5-4-10-28(31)32)59-21-35-41(53)45(55)48(57,22-51)47(60-35)61-44/h2-5,7,9-10,12,15-18,23,26,34-35,41,45,47,49,51,53-55,57H,6,8,11,13-14,19-22H2,1H3. The number of aromatic hydroxyl groups is 1. The molecule has 2 fully saturated rings. The smallest absolute Gasteiger partial charge is 0.254 e. The van der Waals surface area contributed by atoms with Gasteiger partial charge in [-0.3, -0.25) is 9.59 Å². The molecule has 13 heteroatoms. The molecule has 0 radical (unpaired) electrons. The molecular formula is C48H46N2O11. The van der Waals surface area contributed by atoms with E-state index in [0.29, 0.717) is 35.1 Å². The number of aliphatic hydroxyl groups excluding tert-OH is 3. The summed E-state index contributed by atoms with van der Waals surface area (Å²) in [7, 11) is 1.55. The number of aryl methyl sites for hydroxylation is 1. The third-order valence-electron chi connectivity index (χ3n) is 14.0. The lowest BCUT2D eigenvalue weighted by Gasteiger charge is -2.47. The molecule has 6 aliphatic rings. The fourth-order valence-corrected chi connectivity index (χ4v) is 11.1. The number of phenolic OH excluding ortho intramolecular Hbond substituents is 1. The van der Waals surface area contributed by atoms with Gasteiger partial charge in [0, 0.05) is 45.7 Å². The van der Waals surface area contributed by atoms with Crippen molar-refractivity contribution in [2.75, 3.05) is 26.9 Å². The number of fused-ring (bicyclic) bond motifs is 8. The Balaban J connectivity index is 1.17. The molecule has 4 aromatic carbocycles. The Kier molecular flexibility index (Phi) is 8.98. The molecule has 1 saturated carbocycles. The second-order valence-corrected chi connectivity index (χ2v) is 17.3. The molecule has 1 saturated heterocycles. The second kappa shape index (κ2) is 14.3. The van der Waals surface area contributed by atoms with Crippen molar-refractivity contribution in [3.05, 3.63) is 111 Å². The summed E-state index contributed by atoms with van der Waals surface area (Å²) in [5.74, 6) is -0.494. The van der Waals surface area contributed by atoms with E-state index < -0.39 is 48.7 Å². The van der Waals surface area contributed by atoms with E-state index in [1.807, 2.05) is 48.7 Å². The molecule has 3 aliphatic carbocycles. The van der Waals surface area contributed by atoms with Crippen LogP contribution < -0.4 is 9.47 Å². The van der Waals surface area contributed by atoms with Crippen LogP contribution in [0.3, 0.4) is 0 Å². The second-order valence-electron chi connectivity index (χ2n) is 17.3. The van der Waals surface area contributed by atoms with Gasteiger partial charge in [0.05, 0.1) is 43.4 Å². The number of allylic oxidation sites excluding steroid dienone is 2. The van der Waals surface area contributed by atoms with Crippen molar-refractivity contribution in [2.45, 2.75) is 80.9 Å². The minimum atomic E-state index is -2.55. The molecule has 1 aromatic heterocycles. The van der Waals surface area contributed by atoms with Gasteiger partial charge in [0.2, 0.25) is 6.29 Å². The molecule has 61 heavy (non-hydrogen) atoms. The van der Waals surface area contributed by atoms with Crippen molar-refractivity contribution < 1.29 is 54.1 Å².